The molecule has 1 fully saturated rings. The average molecular weight is 750 g/mol. The maximum absolute atomic E-state index is 15.9. The Morgan fingerprint density at radius 1 is 0.957 bits per heavy atom. The van der Waals surface area contributed by atoms with Crippen molar-refractivity contribution >= 4 is 50.7 Å². The van der Waals surface area contributed by atoms with E-state index in [-0.39, 0.29) is 31.2 Å². The SMILES string of the molecule is COC(c1cc(Br)c(NC(=O)c2cccc(N(CC3CC3)C(=O)c3ccc(Cl)cc3)c2F)c(C(F)(F)F)c1)(C(F)(F)F)C(F)(F)F. The van der Waals surface area contributed by atoms with Gasteiger partial charge >= 0.3 is 18.5 Å². The minimum absolute atomic E-state index is 0.00422. The number of nitrogens with one attached hydrogen (secondary N) is 1. The Bertz CT molecular complexity index is 1620. The number of ether oxygens (including phenoxy) is 1. The van der Waals surface area contributed by atoms with E-state index in [4.69, 9.17) is 11.6 Å². The van der Waals surface area contributed by atoms with E-state index < -0.39 is 80.4 Å². The molecule has 1 aliphatic carbocycles. The third-order valence-corrected chi connectivity index (χ3v) is 8.01. The Labute approximate surface area is 267 Å². The van der Waals surface area contributed by atoms with Crippen molar-refractivity contribution in [3.05, 3.63) is 92.2 Å². The van der Waals surface area contributed by atoms with E-state index in [1.807, 2.05) is 0 Å². The lowest BCUT2D eigenvalue weighted by Gasteiger charge is -2.36. The molecule has 3 aromatic carbocycles. The molecular formula is C29H20BrClF10N2O3. The van der Waals surface area contributed by atoms with Crippen molar-refractivity contribution in [3.8, 4) is 0 Å². The second-order valence-corrected chi connectivity index (χ2v) is 11.5. The minimum Gasteiger partial charge on any atom is -0.357 e. The topological polar surface area (TPSA) is 58.6 Å². The van der Waals surface area contributed by atoms with Crippen LogP contribution < -0.4 is 10.2 Å². The summed E-state index contributed by atoms with van der Waals surface area (Å²) in [4.78, 5) is 27.6. The smallest absolute Gasteiger partial charge is 0.357 e. The van der Waals surface area contributed by atoms with Crippen LogP contribution in [0.3, 0.4) is 0 Å². The fraction of sp³-hybridized carbons (Fsp3) is 0.310. The minimum atomic E-state index is -6.27. The molecular weight excluding hydrogens is 730 g/mol. The van der Waals surface area contributed by atoms with Gasteiger partial charge in [-0.1, -0.05) is 17.7 Å². The highest BCUT2D eigenvalue weighted by atomic mass is 79.9. The van der Waals surface area contributed by atoms with E-state index in [1.54, 1.807) is 5.32 Å². The first-order valence-corrected chi connectivity index (χ1v) is 14.2. The van der Waals surface area contributed by atoms with Crippen molar-refractivity contribution in [1.29, 1.82) is 0 Å². The molecule has 0 saturated heterocycles. The van der Waals surface area contributed by atoms with Crippen molar-refractivity contribution in [2.24, 2.45) is 5.92 Å². The zero-order valence-corrected chi connectivity index (χ0v) is 25.4. The highest BCUT2D eigenvalue weighted by molar-refractivity contribution is 9.10. The number of halogens is 12. The quantitative estimate of drug-likeness (QED) is 0.234. The molecule has 0 heterocycles. The standard InChI is InChI=1S/C29H20BrClF10N2O3/c1-46-26(28(36,37)38,29(39,40)41)16-11-19(27(33,34)35)23(20(30)12-16)42-24(44)18-3-2-4-21(22(18)32)43(13-14-5-6-14)25(45)15-7-9-17(31)10-8-15/h2-4,7-12,14H,5-6,13H2,1H3,(H,42,44). The second-order valence-electron chi connectivity index (χ2n) is 10.2. The lowest BCUT2D eigenvalue weighted by molar-refractivity contribution is -0.383. The van der Waals surface area contributed by atoms with Gasteiger partial charge in [-0.2, -0.15) is 39.5 Å². The molecule has 1 aliphatic rings. The van der Waals surface area contributed by atoms with E-state index >= 15 is 4.39 Å². The predicted octanol–water partition coefficient (Wildman–Crippen LogP) is 9.54. The van der Waals surface area contributed by atoms with E-state index in [2.05, 4.69) is 20.7 Å². The van der Waals surface area contributed by atoms with Gasteiger partial charge in [-0.05, 0) is 83.2 Å². The molecule has 0 aliphatic heterocycles. The summed E-state index contributed by atoms with van der Waals surface area (Å²) in [7, 11) is 0.0256. The molecule has 0 radical (unpaired) electrons. The third kappa shape index (κ3) is 6.83. The summed E-state index contributed by atoms with van der Waals surface area (Å²) in [5, 5.41) is 2.05. The fourth-order valence-electron chi connectivity index (χ4n) is 4.68. The molecule has 0 unspecified atom stereocenters. The summed E-state index contributed by atoms with van der Waals surface area (Å²) < 4.78 is 144. The molecule has 46 heavy (non-hydrogen) atoms. The van der Waals surface area contributed by atoms with Crippen molar-refractivity contribution in [2.75, 3.05) is 23.9 Å². The number of carbonyl (C=O) groups excluding carboxylic acids is 2. The lowest BCUT2D eigenvalue weighted by Crippen LogP contribution is -2.55. The zero-order valence-electron chi connectivity index (χ0n) is 23.1. The number of nitrogens with zero attached hydrogens (tertiary/aromatic N) is 1. The largest absolute Gasteiger partial charge is 0.430 e. The number of hydrogen-bond acceptors (Lipinski definition) is 3. The van der Waals surface area contributed by atoms with Crippen molar-refractivity contribution in [3.63, 3.8) is 0 Å². The number of rotatable bonds is 8. The number of carbonyl (C=O) groups is 2. The third-order valence-electron chi connectivity index (χ3n) is 7.13. The van der Waals surface area contributed by atoms with Gasteiger partial charge in [-0.15, -0.1) is 0 Å². The number of alkyl halides is 9. The molecule has 1 saturated carbocycles. The van der Waals surface area contributed by atoms with Crippen LogP contribution in [0.1, 0.15) is 44.7 Å². The molecule has 2 amide bonds. The van der Waals surface area contributed by atoms with E-state index in [0.717, 1.165) is 35.9 Å². The highest BCUT2D eigenvalue weighted by Crippen LogP contribution is 2.54. The summed E-state index contributed by atoms with van der Waals surface area (Å²) in [6.45, 7) is 0.0361. The highest BCUT2D eigenvalue weighted by Gasteiger charge is 2.73. The van der Waals surface area contributed by atoms with Gasteiger partial charge in [0.25, 0.3) is 17.4 Å². The van der Waals surface area contributed by atoms with Gasteiger partial charge < -0.3 is 15.0 Å². The van der Waals surface area contributed by atoms with Crippen molar-refractivity contribution < 1.29 is 58.2 Å². The first kappa shape index (κ1) is 35.5. The van der Waals surface area contributed by atoms with Crippen LogP contribution in [0.25, 0.3) is 0 Å². The van der Waals surface area contributed by atoms with Gasteiger partial charge in [0, 0.05) is 34.3 Å². The Kier molecular flexibility index (Phi) is 9.78. The fourth-order valence-corrected chi connectivity index (χ4v) is 5.37. The Morgan fingerprint density at radius 2 is 1.54 bits per heavy atom. The normalized spacial score (nSPS) is 14.3. The van der Waals surface area contributed by atoms with Crippen LogP contribution in [0, 0.1) is 11.7 Å². The second kappa shape index (κ2) is 12.7. The van der Waals surface area contributed by atoms with Gasteiger partial charge in [-0.25, -0.2) is 4.39 Å². The maximum Gasteiger partial charge on any atom is 0.430 e. The first-order chi connectivity index (χ1) is 21.2. The van der Waals surface area contributed by atoms with E-state index in [1.165, 1.54) is 24.3 Å². The first-order valence-electron chi connectivity index (χ1n) is 13.0. The summed E-state index contributed by atoms with van der Waals surface area (Å²) in [5.74, 6) is -3.54. The van der Waals surface area contributed by atoms with Gasteiger partial charge in [0.05, 0.1) is 22.5 Å². The summed E-state index contributed by atoms with van der Waals surface area (Å²) in [6.07, 6.45) is -16.7. The van der Waals surface area contributed by atoms with Crippen LogP contribution >= 0.6 is 27.5 Å². The lowest BCUT2D eigenvalue weighted by atomic mass is 9.89. The Hall–Kier alpha value is -3.37. The Morgan fingerprint density at radius 3 is 2.04 bits per heavy atom. The van der Waals surface area contributed by atoms with E-state index in [9.17, 15) is 49.1 Å². The monoisotopic (exact) mass is 748 g/mol. The van der Waals surface area contributed by atoms with Crippen LogP contribution in [0.2, 0.25) is 5.02 Å². The van der Waals surface area contributed by atoms with Crippen molar-refractivity contribution in [2.45, 2.75) is 37.0 Å². The zero-order chi connectivity index (χ0) is 34.4. The number of benzene rings is 3. The van der Waals surface area contributed by atoms with Crippen molar-refractivity contribution in [1.82, 2.24) is 0 Å². The van der Waals surface area contributed by atoms with Crippen LogP contribution in [0.15, 0.2) is 59.1 Å². The molecule has 4 rings (SSSR count). The van der Waals surface area contributed by atoms with Crippen LogP contribution in [-0.4, -0.2) is 37.8 Å². The number of anilines is 2. The van der Waals surface area contributed by atoms with Gasteiger partial charge in [-0.3, -0.25) is 9.59 Å². The molecule has 3 aromatic rings. The maximum atomic E-state index is 15.9. The predicted molar refractivity (Wildman–Crippen MR) is 150 cm³/mol. The van der Waals surface area contributed by atoms with Crippen LogP contribution in [-0.2, 0) is 16.5 Å². The molecule has 17 heteroatoms. The summed E-state index contributed by atoms with van der Waals surface area (Å²) >= 11 is 8.40. The van der Waals surface area contributed by atoms with Crippen LogP contribution in [0.5, 0.6) is 0 Å². The van der Waals surface area contributed by atoms with Gasteiger partial charge in [0.15, 0.2) is 5.82 Å². The number of methoxy groups -OCH3 is 1. The van der Waals surface area contributed by atoms with Crippen LogP contribution in [0.4, 0.5) is 55.3 Å². The summed E-state index contributed by atoms with van der Waals surface area (Å²) in [5.41, 5.74) is -11.7. The molecule has 0 aromatic heterocycles. The Balaban J connectivity index is 1.78. The van der Waals surface area contributed by atoms with Gasteiger partial charge in [0.1, 0.15) is 0 Å². The summed E-state index contributed by atoms with van der Waals surface area (Å²) in [6, 6.07) is 8.39. The van der Waals surface area contributed by atoms with E-state index in [0.29, 0.717) is 5.02 Å². The molecule has 1 N–H and O–H groups in total. The van der Waals surface area contributed by atoms with Gasteiger partial charge in [0.2, 0.25) is 0 Å². The molecule has 248 valence electrons. The number of amides is 2. The molecule has 5 nitrogen and oxygen atoms in total. The average Bonchev–Trinajstić information content (AvgIpc) is 3.76. The molecule has 0 bridgehead atoms. The molecule has 0 spiro atoms. The number of hydrogen-bond donors (Lipinski definition) is 1. The molecule has 0 atom stereocenters.